The maximum Gasteiger partial charge on any atom is 0.387 e. The third-order valence-electron chi connectivity index (χ3n) is 2.80. The summed E-state index contributed by atoms with van der Waals surface area (Å²) in [5.41, 5.74) is 2.59. The van der Waals surface area contributed by atoms with Crippen LogP contribution in [0.1, 0.15) is 11.1 Å². The van der Waals surface area contributed by atoms with Crippen LogP contribution in [0.25, 0.3) is 0 Å². The summed E-state index contributed by atoms with van der Waals surface area (Å²) in [7, 11) is 0. The highest BCUT2D eigenvalue weighted by Gasteiger charge is 2.04. The molecule has 0 bridgehead atoms. The van der Waals surface area contributed by atoms with Gasteiger partial charge in [-0.1, -0.05) is 17.7 Å². The quantitative estimate of drug-likeness (QED) is 0.871. The summed E-state index contributed by atoms with van der Waals surface area (Å²) in [6, 6.07) is 11.6. The van der Waals surface area contributed by atoms with E-state index in [0.29, 0.717) is 6.54 Å². The highest BCUT2D eigenvalue weighted by atomic mass is 19.3. The van der Waals surface area contributed by atoms with Crippen LogP contribution in [0.3, 0.4) is 0 Å². The number of rotatable bonds is 5. The van der Waals surface area contributed by atoms with Gasteiger partial charge in [0.15, 0.2) is 0 Å². The Morgan fingerprint density at radius 2 is 1.85 bits per heavy atom. The van der Waals surface area contributed by atoms with E-state index in [1.54, 1.807) is 18.2 Å². The fourth-order valence-corrected chi connectivity index (χ4v) is 1.81. The van der Waals surface area contributed by atoms with Gasteiger partial charge in [-0.05, 0) is 37.3 Å². The monoisotopic (exact) mass is 279 g/mol. The Hall–Kier alpha value is -2.30. The van der Waals surface area contributed by atoms with Crippen molar-refractivity contribution in [2.75, 3.05) is 5.32 Å². The van der Waals surface area contributed by atoms with Crippen LogP contribution < -0.4 is 10.1 Å². The minimum Gasteiger partial charge on any atom is -0.508 e. The smallest absolute Gasteiger partial charge is 0.387 e. The van der Waals surface area contributed by atoms with E-state index in [1.165, 1.54) is 12.1 Å². The molecule has 0 saturated carbocycles. The van der Waals surface area contributed by atoms with Gasteiger partial charge < -0.3 is 15.2 Å². The number of aromatic hydroxyl groups is 1. The third-order valence-corrected chi connectivity index (χ3v) is 2.80. The molecule has 0 spiro atoms. The molecule has 20 heavy (non-hydrogen) atoms. The lowest BCUT2D eigenvalue weighted by Gasteiger charge is -2.10. The standard InChI is InChI=1S/C15H15F2NO2/c1-10-2-7-14(19)11(8-10)9-18-12-3-5-13(6-4-12)20-15(16)17/h2-8,15,18-19H,9H2,1H3. The Morgan fingerprint density at radius 1 is 1.15 bits per heavy atom. The lowest BCUT2D eigenvalue weighted by Crippen LogP contribution is -2.03. The number of ether oxygens (including phenoxy) is 1. The van der Waals surface area contributed by atoms with Crippen molar-refractivity contribution < 1.29 is 18.6 Å². The van der Waals surface area contributed by atoms with Crippen molar-refractivity contribution in [3.8, 4) is 11.5 Å². The molecule has 106 valence electrons. The van der Waals surface area contributed by atoms with Gasteiger partial charge in [0.1, 0.15) is 11.5 Å². The zero-order valence-corrected chi connectivity index (χ0v) is 10.9. The lowest BCUT2D eigenvalue weighted by atomic mass is 10.1. The van der Waals surface area contributed by atoms with E-state index in [4.69, 9.17) is 0 Å². The average molecular weight is 279 g/mol. The molecule has 0 aliphatic carbocycles. The first kappa shape index (κ1) is 14.1. The summed E-state index contributed by atoms with van der Waals surface area (Å²) in [5, 5.41) is 12.8. The molecule has 2 aromatic rings. The number of alkyl halides is 2. The zero-order valence-electron chi connectivity index (χ0n) is 10.9. The number of hydrogen-bond acceptors (Lipinski definition) is 3. The van der Waals surface area contributed by atoms with Gasteiger partial charge >= 0.3 is 6.61 Å². The fraction of sp³-hybridized carbons (Fsp3) is 0.200. The first-order valence-corrected chi connectivity index (χ1v) is 6.12. The van der Waals surface area contributed by atoms with Crippen LogP contribution in [0, 0.1) is 6.92 Å². The highest BCUT2D eigenvalue weighted by Crippen LogP contribution is 2.21. The summed E-state index contributed by atoms with van der Waals surface area (Å²) in [4.78, 5) is 0. The SMILES string of the molecule is Cc1ccc(O)c(CNc2ccc(OC(F)F)cc2)c1. The van der Waals surface area contributed by atoms with Crippen molar-refractivity contribution in [1.29, 1.82) is 0 Å². The van der Waals surface area contributed by atoms with Crippen LogP contribution >= 0.6 is 0 Å². The number of nitrogens with one attached hydrogen (secondary N) is 1. The van der Waals surface area contributed by atoms with Crippen LogP contribution in [0.2, 0.25) is 0 Å². The second-order valence-electron chi connectivity index (χ2n) is 4.39. The van der Waals surface area contributed by atoms with Crippen LogP contribution in [0.4, 0.5) is 14.5 Å². The van der Waals surface area contributed by atoms with E-state index in [0.717, 1.165) is 16.8 Å². The largest absolute Gasteiger partial charge is 0.508 e. The maximum atomic E-state index is 12.0. The molecule has 0 aliphatic heterocycles. The Kier molecular flexibility index (Phi) is 4.40. The average Bonchev–Trinajstić information content (AvgIpc) is 2.41. The van der Waals surface area contributed by atoms with Gasteiger partial charge in [0.25, 0.3) is 0 Å². The Bertz CT molecular complexity index is 571. The molecule has 0 aliphatic rings. The first-order chi connectivity index (χ1) is 9.54. The van der Waals surface area contributed by atoms with E-state index < -0.39 is 6.61 Å². The second-order valence-corrected chi connectivity index (χ2v) is 4.39. The third kappa shape index (κ3) is 3.85. The van der Waals surface area contributed by atoms with Gasteiger partial charge in [-0.3, -0.25) is 0 Å². The Morgan fingerprint density at radius 3 is 2.50 bits per heavy atom. The predicted octanol–water partition coefficient (Wildman–Crippen LogP) is 3.91. The summed E-state index contributed by atoms with van der Waals surface area (Å²) < 4.78 is 28.3. The molecular weight excluding hydrogens is 264 g/mol. The van der Waals surface area contributed by atoms with Crippen molar-refractivity contribution in [3.63, 3.8) is 0 Å². The van der Waals surface area contributed by atoms with E-state index >= 15 is 0 Å². The van der Waals surface area contributed by atoms with Crippen LogP contribution in [-0.4, -0.2) is 11.7 Å². The minimum absolute atomic E-state index is 0.115. The Labute approximate surface area is 115 Å². The Balaban J connectivity index is 1.98. The molecule has 0 heterocycles. The van der Waals surface area contributed by atoms with Crippen LogP contribution in [-0.2, 0) is 6.54 Å². The number of anilines is 1. The van der Waals surface area contributed by atoms with E-state index in [9.17, 15) is 13.9 Å². The van der Waals surface area contributed by atoms with E-state index in [1.807, 2.05) is 19.1 Å². The molecule has 0 atom stereocenters. The summed E-state index contributed by atoms with van der Waals surface area (Å²) in [5.74, 6) is 0.338. The van der Waals surface area contributed by atoms with Gasteiger partial charge in [-0.25, -0.2) is 0 Å². The summed E-state index contributed by atoms with van der Waals surface area (Å²) in [6.07, 6.45) is 0. The zero-order chi connectivity index (χ0) is 14.5. The molecule has 3 nitrogen and oxygen atoms in total. The molecule has 5 heteroatoms. The van der Waals surface area contributed by atoms with Gasteiger partial charge in [0.2, 0.25) is 0 Å². The second kappa shape index (κ2) is 6.23. The van der Waals surface area contributed by atoms with E-state index in [2.05, 4.69) is 10.1 Å². The lowest BCUT2D eigenvalue weighted by molar-refractivity contribution is -0.0498. The normalized spacial score (nSPS) is 10.6. The number of phenols is 1. The fourth-order valence-electron chi connectivity index (χ4n) is 1.81. The number of hydrogen-bond donors (Lipinski definition) is 2. The van der Waals surface area contributed by atoms with Crippen molar-refractivity contribution in [3.05, 3.63) is 53.6 Å². The van der Waals surface area contributed by atoms with Gasteiger partial charge in [0.05, 0.1) is 0 Å². The molecule has 0 radical (unpaired) electrons. The summed E-state index contributed by atoms with van der Waals surface area (Å²) >= 11 is 0. The van der Waals surface area contributed by atoms with Gasteiger partial charge in [0, 0.05) is 17.8 Å². The topological polar surface area (TPSA) is 41.5 Å². The highest BCUT2D eigenvalue weighted by molar-refractivity contribution is 5.48. The molecule has 0 aromatic heterocycles. The molecular formula is C15H15F2NO2. The molecule has 0 saturated heterocycles. The molecule has 0 unspecified atom stereocenters. The molecule has 0 fully saturated rings. The molecule has 2 aromatic carbocycles. The number of phenolic OH excluding ortho intramolecular Hbond substituents is 1. The number of aryl methyl sites for hydroxylation is 1. The van der Waals surface area contributed by atoms with Crippen molar-refractivity contribution in [1.82, 2.24) is 0 Å². The van der Waals surface area contributed by atoms with Crippen molar-refractivity contribution in [2.45, 2.75) is 20.1 Å². The van der Waals surface area contributed by atoms with Gasteiger partial charge in [-0.15, -0.1) is 0 Å². The molecule has 2 N–H and O–H groups in total. The van der Waals surface area contributed by atoms with E-state index in [-0.39, 0.29) is 11.5 Å². The summed E-state index contributed by atoms with van der Waals surface area (Å²) in [6.45, 7) is -0.430. The predicted molar refractivity (Wildman–Crippen MR) is 73.2 cm³/mol. The first-order valence-electron chi connectivity index (χ1n) is 6.12. The number of halogens is 2. The van der Waals surface area contributed by atoms with Gasteiger partial charge in [-0.2, -0.15) is 8.78 Å². The van der Waals surface area contributed by atoms with Crippen LogP contribution in [0.5, 0.6) is 11.5 Å². The molecule has 0 amide bonds. The molecule has 2 rings (SSSR count). The van der Waals surface area contributed by atoms with Crippen LogP contribution in [0.15, 0.2) is 42.5 Å². The number of benzene rings is 2. The minimum atomic E-state index is -2.82. The van der Waals surface area contributed by atoms with Crippen molar-refractivity contribution >= 4 is 5.69 Å². The van der Waals surface area contributed by atoms with Crippen molar-refractivity contribution in [2.24, 2.45) is 0 Å². The maximum absolute atomic E-state index is 12.0.